The van der Waals surface area contributed by atoms with Gasteiger partial charge < -0.3 is 9.30 Å². The van der Waals surface area contributed by atoms with Gasteiger partial charge in [0.05, 0.1) is 24.4 Å². The van der Waals surface area contributed by atoms with Crippen molar-refractivity contribution in [2.75, 3.05) is 6.61 Å². The number of benzene rings is 1. The summed E-state index contributed by atoms with van der Waals surface area (Å²) in [7, 11) is 0. The van der Waals surface area contributed by atoms with Gasteiger partial charge in [0.2, 0.25) is 0 Å². The number of aromatic nitrogens is 4. The normalized spacial score (nSPS) is 10.9. The number of fused-ring (bicyclic) bond motifs is 1. The second-order valence-corrected chi connectivity index (χ2v) is 5.68. The zero-order valence-corrected chi connectivity index (χ0v) is 14.0. The quantitative estimate of drug-likeness (QED) is 0.556. The lowest BCUT2D eigenvalue weighted by Crippen LogP contribution is -2.03. The molecule has 1 aromatic carbocycles. The van der Waals surface area contributed by atoms with Crippen LogP contribution in [-0.2, 0) is 6.54 Å². The van der Waals surface area contributed by atoms with Gasteiger partial charge in [-0.25, -0.2) is 9.97 Å². The van der Waals surface area contributed by atoms with E-state index in [9.17, 15) is 0 Å². The van der Waals surface area contributed by atoms with Crippen molar-refractivity contribution in [1.29, 1.82) is 0 Å². The van der Waals surface area contributed by atoms with Crippen LogP contribution in [0, 0.1) is 0 Å². The molecule has 0 radical (unpaired) electrons. The molecule has 0 bridgehead atoms. The van der Waals surface area contributed by atoms with Crippen molar-refractivity contribution in [3.8, 4) is 17.3 Å². The average molecular weight is 330 g/mol. The van der Waals surface area contributed by atoms with Crippen molar-refractivity contribution in [3.63, 3.8) is 0 Å². The summed E-state index contributed by atoms with van der Waals surface area (Å²) in [5.41, 5.74) is 2.76. The lowest BCUT2D eigenvalue weighted by Gasteiger charge is -2.09. The predicted octanol–water partition coefficient (Wildman–Crippen LogP) is 3.94. The molecule has 0 fully saturated rings. The van der Waals surface area contributed by atoms with E-state index in [0.29, 0.717) is 13.2 Å². The standard InChI is InChI=1S/C20H18N4O/c1-2-25-17-7-9-18-15(13-17)6-8-19(23-18)20-22-11-12-24(20)14-16-5-3-4-10-21-16/h3-13H,2,14H2,1H3. The maximum absolute atomic E-state index is 5.55. The van der Waals surface area contributed by atoms with Gasteiger partial charge in [-0.15, -0.1) is 0 Å². The Hall–Kier alpha value is -3.21. The average Bonchev–Trinajstić information content (AvgIpc) is 3.10. The van der Waals surface area contributed by atoms with E-state index < -0.39 is 0 Å². The summed E-state index contributed by atoms with van der Waals surface area (Å²) in [6.07, 6.45) is 5.55. The lowest BCUT2D eigenvalue weighted by atomic mass is 10.2. The zero-order chi connectivity index (χ0) is 17.1. The van der Waals surface area contributed by atoms with Crippen LogP contribution in [0.3, 0.4) is 0 Å². The number of pyridine rings is 2. The maximum atomic E-state index is 5.55. The first-order valence-corrected chi connectivity index (χ1v) is 8.28. The fourth-order valence-corrected chi connectivity index (χ4v) is 2.82. The Morgan fingerprint density at radius 2 is 1.96 bits per heavy atom. The van der Waals surface area contributed by atoms with Gasteiger partial charge in [0.25, 0.3) is 0 Å². The van der Waals surface area contributed by atoms with Crippen LogP contribution < -0.4 is 4.74 Å². The monoisotopic (exact) mass is 330 g/mol. The number of hydrogen-bond donors (Lipinski definition) is 0. The molecule has 3 aromatic heterocycles. The minimum Gasteiger partial charge on any atom is -0.494 e. The Morgan fingerprint density at radius 3 is 2.80 bits per heavy atom. The molecule has 0 amide bonds. The van der Waals surface area contributed by atoms with Crippen LogP contribution in [-0.4, -0.2) is 26.1 Å². The molecule has 124 valence electrons. The highest BCUT2D eigenvalue weighted by Crippen LogP contribution is 2.23. The van der Waals surface area contributed by atoms with Gasteiger partial charge in [-0.05, 0) is 43.3 Å². The van der Waals surface area contributed by atoms with E-state index in [4.69, 9.17) is 9.72 Å². The Morgan fingerprint density at radius 1 is 1.00 bits per heavy atom. The highest BCUT2D eigenvalue weighted by molar-refractivity contribution is 5.82. The molecule has 4 rings (SSSR count). The molecule has 0 unspecified atom stereocenters. The third kappa shape index (κ3) is 3.21. The number of hydrogen-bond acceptors (Lipinski definition) is 4. The molecule has 0 aliphatic heterocycles. The molecule has 0 saturated carbocycles. The van der Waals surface area contributed by atoms with Gasteiger partial charge >= 0.3 is 0 Å². The molecule has 0 atom stereocenters. The van der Waals surface area contributed by atoms with Gasteiger partial charge in [-0.3, -0.25) is 4.98 Å². The van der Waals surface area contributed by atoms with Crippen molar-refractivity contribution < 1.29 is 4.74 Å². The molecule has 25 heavy (non-hydrogen) atoms. The van der Waals surface area contributed by atoms with Crippen LogP contribution in [0.15, 0.2) is 67.1 Å². The SMILES string of the molecule is CCOc1ccc2nc(-c3nccn3Cc3ccccn3)ccc2c1. The van der Waals surface area contributed by atoms with Crippen molar-refractivity contribution in [2.45, 2.75) is 13.5 Å². The first-order valence-electron chi connectivity index (χ1n) is 8.28. The molecule has 0 saturated heterocycles. The zero-order valence-electron chi connectivity index (χ0n) is 14.0. The Bertz CT molecular complexity index is 995. The molecule has 0 N–H and O–H groups in total. The summed E-state index contributed by atoms with van der Waals surface area (Å²) in [5.74, 6) is 1.70. The molecule has 5 nitrogen and oxygen atoms in total. The van der Waals surface area contributed by atoms with Crippen molar-refractivity contribution in [2.24, 2.45) is 0 Å². The highest BCUT2D eigenvalue weighted by atomic mass is 16.5. The van der Waals surface area contributed by atoms with Crippen molar-refractivity contribution in [1.82, 2.24) is 19.5 Å². The van der Waals surface area contributed by atoms with E-state index in [2.05, 4.69) is 20.6 Å². The van der Waals surface area contributed by atoms with Gasteiger partial charge in [-0.2, -0.15) is 0 Å². The molecular weight excluding hydrogens is 312 g/mol. The fraction of sp³-hybridized carbons (Fsp3) is 0.150. The minimum atomic E-state index is 0.655. The summed E-state index contributed by atoms with van der Waals surface area (Å²) in [6.45, 7) is 3.30. The van der Waals surface area contributed by atoms with Gasteiger partial charge in [0.15, 0.2) is 5.82 Å². The van der Waals surface area contributed by atoms with E-state index in [1.54, 1.807) is 12.4 Å². The molecular formula is C20H18N4O. The first-order chi connectivity index (χ1) is 12.3. The molecule has 4 aromatic rings. The summed E-state index contributed by atoms with van der Waals surface area (Å²) < 4.78 is 7.61. The second kappa shape index (κ2) is 6.73. The topological polar surface area (TPSA) is 52.8 Å². The van der Waals surface area contributed by atoms with Crippen LogP contribution in [0.4, 0.5) is 0 Å². The highest BCUT2D eigenvalue weighted by Gasteiger charge is 2.09. The molecule has 0 aliphatic carbocycles. The number of rotatable bonds is 5. The molecule has 0 aliphatic rings. The van der Waals surface area contributed by atoms with Gasteiger partial charge in [-0.1, -0.05) is 12.1 Å². The van der Waals surface area contributed by atoms with E-state index in [1.165, 1.54) is 0 Å². The number of imidazole rings is 1. The van der Waals surface area contributed by atoms with E-state index in [1.807, 2.05) is 55.6 Å². The van der Waals surface area contributed by atoms with E-state index >= 15 is 0 Å². The van der Waals surface area contributed by atoms with E-state index in [0.717, 1.165) is 33.9 Å². The third-order valence-electron chi connectivity index (χ3n) is 3.97. The Kier molecular flexibility index (Phi) is 4.12. The molecule has 0 spiro atoms. The lowest BCUT2D eigenvalue weighted by molar-refractivity contribution is 0.340. The van der Waals surface area contributed by atoms with Crippen molar-refractivity contribution >= 4 is 10.9 Å². The maximum Gasteiger partial charge on any atom is 0.159 e. The van der Waals surface area contributed by atoms with E-state index in [-0.39, 0.29) is 0 Å². The molecule has 3 heterocycles. The largest absolute Gasteiger partial charge is 0.494 e. The number of ether oxygens (including phenoxy) is 1. The van der Waals surface area contributed by atoms with Crippen molar-refractivity contribution in [3.05, 3.63) is 72.8 Å². The smallest absolute Gasteiger partial charge is 0.159 e. The Labute approximate surface area is 146 Å². The van der Waals surface area contributed by atoms with Crippen LogP contribution in [0.25, 0.3) is 22.4 Å². The van der Waals surface area contributed by atoms with Crippen LogP contribution in [0.2, 0.25) is 0 Å². The first kappa shape index (κ1) is 15.3. The van der Waals surface area contributed by atoms with Crippen LogP contribution in [0.5, 0.6) is 5.75 Å². The summed E-state index contributed by atoms with van der Waals surface area (Å²) in [4.78, 5) is 13.6. The fourth-order valence-electron chi connectivity index (χ4n) is 2.82. The van der Waals surface area contributed by atoms with Gasteiger partial charge in [0, 0.05) is 24.0 Å². The Balaban J connectivity index is 1.68. The molecule has 5 heteroatoms. The third-order valence-corrected chi connectivity index (χ3v) is 3.97. The van der Waals surface area contributed by atoms with Crippen LogP contribution in [0.1, 0.15) is 12.6 Å². The minimum absolute atomic E-state index is 0.655. The number of nitrogens with zero attached hydrogens (tertiary/aromatic N) is 4. The van der Waals surface area contributed by atoms with Gasteiger partial charge in [0.1, 0.15) is 11.4 Å². The predicted molar refractivity (Wildman–Crippen MR) is 97.5 cm³/mol. The van der Waals surface area contributed by atoms with Crippen LogP contribution >= 0.6 is 0 Å². The summed E-state index contributed by atoms with van der Waals surface area (Å²) >= 11 is 0. The summed E-state index contributed by atoms with van der Waals surface area (Å²) in [6, 6.07) is 15.9. The second-order valence-electron chi connectivity index (χ2n) is 5.68. The summed E-state index contributed by atoms with van der Waals surface area (Å²) in [5, 5.41) is 1.05.